The van der Waals surface area contributed by atoms with Crippen LogP contribution in [0.15, 0.2) is 59.4 Å². The lowest BCUT2D eigenvalue weighted by Gasteiger charge is -2.12. The van der Waals surface area contributed by atoms with Crippen molar-refractivity contribution in [1.82, 2.24) is 9.30 Å². The van der Waals surface area contributed by atoms with Gasteiger partial charge in [-0.1, -0.05) is 36.4 Å². The summed E-state index contributed by atoms with van der Waals surface area (Å²) in [6.07, 6.45) is 0. The number of hydrogen-bond donors (Lipinski definition) is 0. The van der Waals surface area contributed by atoms with Crippen LogP contribution in [0.2, 0.25) is 0 Å². The third kappa shape index (κ3) is 1.59. The van der Waals surface area contributed by atoms with E-state index in [9.17, 15) is 14.4 Å². The first-order valence-electron chi connectivity index (χ1n) is 7.91. The number of aromatic nitrogens is 1. The Morgan fingerprint density at radius 2 is 1.44 bits per heavy atom. The molecule has 5 rings (SSSR count). The van der Waals surface area contributed by atoms with Crippen LogP contribution in [0.3, 0.4) is 0 Å². The Morgan fingerprint density at radius 1 is 0.760 bits per heavy atom. The molecule has 0 saturated heterocycles. The third-order valence-corrected chi connectivity index (χ3v) is 4.86. The fourth-order valence-electron chi connectivity index (χ4n) is 3.71. The van der Waals surface area contributed by atoms with Crippen LogP contribution in [0.25, 0.3) is 27.7 Å². The molecule has 120 valence electrons. The lowest BCUT2D eigenvalue weighted by atomic mass is 10.0. The van der Waals surface area contributed by atoms with Crippen LogP contribution in [0.1, 0.15) is 20.7 Å². The Morgan fingerprint density at radius 3 is 2.20 bits per heavy atom. The van der Waals surface area contributed by atoms with Crippen LogP contribution in [0.4, 0.5) is 0 Å². The Labute approximate surface area is 142 Å². The van der Waals surface area contributed by atoms with E-state index in [0.29, 0.717) is 33.2 Å². The third-order valence-electron chi connectivity index (χ3n) is 4.86. The summed E-state index contributed by atoms with van der Waals surface area (Å²) in [7, 11) is 1.48. The Kier molecular flexibility index (Phi) is 2.53. The van der Waals surface area contributed by atoms with Gasteiger partial charge in [0, 0.05) is 12.6 Å². The molecule has 0 N–H and O–H groups in total. The quantitative estimate of drug-likeness (QED) is 0.505. The van der Waals surface area contributed by atoms with Gasteiger partial charge in [-0.25, -0.2) is 0 Å². The normalized spacial score (nSPS) is 14.0. The van der Waals surface area contributed by atoms with Crippen LogP contribution in [0.5, 0.6) is 0 Å². The zero-order chi connectivity index (χ0) is 17.3. The Balaban J connectivity index is 2.08. The van der Waals surface area contributed by atoms with Gasteiger partial charge in [-0.2, -0.15) is 0 Å². The van der Waals surface area contributed by atoms with Crippen molar-refractivity contribution in [1.29, 1.82) is 0 Å². The maximum Gasteiger partial charge on any atom is 0.263 e. The van der Waals surface area contributed by atoms with E-state index in [1.54, 1.807) is 28.7 Å². The van der Waals surface area contributed by atoms with Crippen LogP contribution in [0, 0.1) is 0 Å². The van der Waals surface area contributed by atoms with Gasteiger partial charge >= 0.3 is 0 Å². The van der Waals surface area contributed by atoms with Gasteiger partial charge in [0.1, 0.15) is 0 Å². The predicted molar refractivity (Wildman–Crippen MR) is 94.2 cm³/mol. The van der Waals surface area contributed by atoms with E-state index >= 15 is 0 Å². The topological polar surface area (TPSA) is 58.9 Å². The first-order valence-corrected chi connectivity index (χ1v) is 7.91. The van der Waals surface area contributed by atoms with E-state index in [2.05, 4.69) is 0 Å². The van der Waals surface area contributed by atoms with Crippen LogP contribution in [-0.4, -0.2) is 28.2 Å². The summed E-state index contributed by atoms with van der Waals surface area (Å²) >= 11 is 0. The summed E-state index contributed by atoms with van der Waals surface area (Å²) in [5.74, 6) is -0.663. The molecule has 0 spiro atoms. The molecule has 25 heavy (non-hydrogen) atoms. The molecule has 2 amide bonds. The zero-order valence-electron chi connectivity index (χ0n) is 13.3. The largest absolute Gasteiger partial charge is 0.305 e. The highest BCUT2D eigenvalue weighted by molar-refractivity contribution is 6.29. The molecular formula is C20H12N2O3. The first kappa shape index (κ1) is 13.9. The number of imide groups is 1. The van der Waals surface area contributed by atoms with E-state index < -0.39 is 0 Å². The van der Waals surface area contributed by atoms with Crippen molar-refractivity contribution in [3.63, 3.8) is 0 Å². The highest BCUT2D eigenvalue weighted by Crippen LogP contribution is 2.38. The number of nitrogens with zero attached hydrogens (tertiary/aromatic N) is 2. The molecule has 0 unspecified atom stereocenters. The molecular weight excluding hydrogens is 316 g/mol. The number of hydrogen-bond acceptors (Lipinski definition) is 3. The average Bonchev–Trinajstić information content (AvgIpc) is 3.09. The van der Waals surface area contributed by atoms with Crippen LogP contribution >= 0.6 is 0 Å². The fraction of sp³-hybridized carbons (Fsp3) is 0.0500. The molecule has 5 heteroatoms. The van der Waals surface area contributed by atoms with Gasteiger partial charge in [0.15, 0.2) is 0 Å². The van der Waals surface area contributed by atoms with Gasteiger partial charge in [0.2, 0.25) is 5.43 Å². The van der Waals surface area contributed by atoms with E-state index in [-0.39, 0.29) is 17.2 Å². The van der Waals surface area contributed by atoms with Gasteiger partial charge in [0.05, 0.1) is 27.7 Å². The molecule has 0 atom stereocenters. The standard InChI is InChI=1S/C20H12N2O3/c1-21-19(24)16-14-9-5-8-13-15(23)10-12(11-6-3-2-4-7-11)18(22(13)14)17(16)20(21)25/h2-10H,1H3. The number of benzene rings is 1. The second kappa shape index (κ2) is 4.54. The highest BCUT2D eigenvalue weighted by atomic mass is 16.2. The van der Waals surface area contributed by atoms with Crippen molar-refractivity contribution in [2.24, 2.45) is 0 Å². The number of rotatable bonds is 1. The molecule has 0 bridgehead atoms. The lowest BCUT2D eigenvalue weighted by molar-refractivity contribution is 0.0693. The number of carbonyl (C=O) groups is 2. The molecule has 5 nitrogen and oxygen atoms in total. The molecule has 0 aliphatic carbocycles. The van der Waals surface area contributed by atoms with E-state index in [0.717, 1.165) is 10.5 Å². The molecule has 1 aliphatic heterocycles. The fourth-order valence-corrected chi connectivity index (χ4v) is 3.71. The highest BCUT2D eigenvalue weighted by Gasteiger charge is 2.39. The SMILES string of the molecule is CN1C(=O)c2c(c3c(-c4ccccc4)cc(=O)c4cccc2n34)C1=O. The van der Waals surface area contributed by atoms with Gasteiger partial charge in [-0.3, -0.25) is 19.3 Å². The monoisotopic (exact) mass is 328 g/mol. The summed E-state index contributed by atoms with van der Waals surface area (Å²) in [6.45, 7) is 0. The van der Waals surface area contributed by atoms with Crippen LogP contribution in [-0.2, 0) is 0 Å². The summed E-state index contributed by atoms with van der Waals surface area (Å²) in [5.41, 5.74) is 3.79. The van der Waals surface area contributed by atoms with Crippen LogP contribution < -0.4 is 5.43 Å². The van der Waals surface area contributed by atoms with Gasteiger partial charge < -0.3 is 4.40 Å². The van der Waals surface area contributed by atoms with Crippen molar-refractivity contribution < 1.29 is 9.59 Å². The average molecular weight is 328 g/mol. The van der Waals surface area contributed by atoms with E-state index in [1.807, 2.05) is 30.3 Å². The Hall–Kier alpha value is -3.47. The minimum atomic E-state index is -0.333. The van der Waals surface area contributed by atoms with E-state index in [4.69, 9.17) is 0 Å². The number of carbonyl (C=O) groups excluding carboxylic acids is 2. The van der Waals surface area contributed by atoms with Gasteiger partial charge in [-0.05, 0) is 23.8 Å². The minimum Gasteiger partial charge on any atom is -0.305 e. The molecule has 1 aromatic carbocycles. The molecule has 0 saturated carbocycles. The number of amides is 2. The molecule has 4 heterocycles. The summed E-state index contributed by atoms with van der Waals surface area (Å²) < 4.78 is 1.75. The van der Waals surface area contributed by atoms with Crippen molar-refractivity contribution >= 4 is 28.4 Å². The molecule has 0 fully saturated rings. The second-order valence-corrected chi connectivity index (χ2v) is 6.19. The minimum absolute atomic E-state index is 0.140. The molecule has 1 aliphatic rings. The van der Waals surface area contributed by atoms with E-state index in [1.165, 1.54) is 7.05 Å². The summed E-state index contributed by atoms with van der Waals surface area (Å²) in [6, 6.07) is 16.2. The van der Waals surface area contributed by atoms with Crippen molar-refractivity contribution in [3.05, 3.63) is 75.9 Å². The maximum absolute atomic E-state index is 12.7. The predicted octanol–water partition coefficient (Wildman–Crippen LogP) is 2.78. The molecule has 3 aromatic heterocycles. The molecule has 0 radical (unpaired) electrons. The molecule has 4 aromatic rings. The van der Waals surface area contributed by atoms with Crippen molar-refractivity contribution in [3.8, 4) is 11.1 Å². The zero-order valence-corrected chi connectivity index (χ0v) is 13.3. The number of pyridine rings is 2. The van der Waals surface area contributed by atoms with Gasteiger partial charge in [0.25, 0.3) is 11.8 Å². The first-order chi connectivity index (χ1) is 12.1. The summed E-state index contributed by atoms with van der Waals surface area (Å²) in [5, 5.41) is 0. The Bertz CT molecular complexity index is 1260. The smallest absolute Gasteiger partial charge is 0.263 e. The summed E-state index contributed by atoms with van der Waals surface area (Å²) in [4.78, 5) is 39.1. The van der Waals surface area contributed by atoms with Crippen molar-refractivity contribution in [2.75, 3.05) is 7.05 Å². The number of fused-ring (bicyclic) bond motifs is 3. The second-order valence-electron chi connectivity index (χ2n) is 6.19. The van der Waals surface area contributed by atoms with Crippen molar-refractivity contribution in [2.45, 2.75) is 0 Å². The lowest BCUT2D eigenvalue weighted by Crippen LogP contribution is -2.25. The maximum atomic E-state index is 12.7. The van der Waals surface area contributed by atoms with Gasteiger partial charge in [-0.15, -0.1) is 0 Å².